The Morgan fingerprint density at radius 1 is 0.786 bits per heavy atom. The lowest BCUT2D eigenvalue weighted by Gasteiger charge is -2.44. The van der Waals surface area contributed by atoms with Gasteiger partial charge in [0.2, 0.25) is 12.1 Å². The molecule has 0 spiro atoms. The first-order chi connectivity index (χ1) is 13.1. The Morgan fingerprint density at radius 3 is 1.39 bits per heavy atom. The van der Waals surface area contributed by atoms with Crippen molar-refractivity contribution in [2.24, 2.45) is 5.41 Å². The molecule has 1 saturated heterocycles. The number of aromatic hydroxyl groups is 2. The molecule has 148 valence electrons. The van der Waals surface area contributed by atoms with Crippen LogP contribution in [0.4, 0.5) is 0 Å². The monoisotopic (exact) mass is 387 g/mol. The van der Waals surface area contributed by atoms with Crippen LogP contribution in [0.25, 0.3) is 0 Å². The number of nitrogens with one attached hydrogen (secondary N) is 1. The van der Waals surface area contributed by atoms with Crippen LogP contribution in [0.15, 0.2) is 48.5 Å². The van der Waals surface area contributed by atoms with E-state index in [2.05, 4.69) is 5.32 Å². The number of phenolic OH excluding ortho intramolecular Hbond substituents is 2. The third kappa shape index (κ3) is 3.36. The lowest BCUT2D eigenvalue weighted by atomic mass is 9.66. The SMILES string of the molecule is CC1(C)[C@@H]([N+](=O)[O-])[C@H](c2ccc(O)cc2)N[C@@H](c2ccc(O)cc2)[C@H]1[N+](=O)[O-]. The van der Waals surface area contributed by atoms with E-state index in [1.807, 2.05) is 0 Å². The highest BCUT2D eigenvalue weighted by atomic mass is 16.6. The van der Waals surface area contributed by atoms with Crippen molar-refractivity contribution in [1.29, 1.82) is 0 Å². The minimum atomic E-state index is -1.29. The standard InChI is InChI=1S/C19H21N3O6/c1-19(2)17(21(25)26)15(11-3-7-13(23)8-4-11)20-16(18(19)22(27)28)12-5-9-14(24)10-6-12/h3-10,15-18,20,23-24H,1-2H3/t15-,16-,17-,18+/m0/s1. The number of piperidine rings is 1. The molecule has 3 rings (SSSR count). The molecule has 1 fully saturated rings. The van der Waals surface area contributed by atoms with Gasteiger partial charge in [-0.25, -0.2) is 0 Å². The summed E-state index contributed by atoms with van der Waals surface area (Å²) in [4.78, 5) is 22.9. The average molecular weight is 387 g/mol. The zero-order chi connectivity index (χ0) is 20.6. The van der Waals surface area contributed by atoms with Crippen LogP contribution < -0.4 is 5.32 Å². The Hall–Kier alpha value is -3.20. The Morgan fingerprint density at radius 2 is 1.11 bits per heavy atom. The fourth-order valence-corrected chi connectivity index (χ4v) is 4.12. The van der Waals surface area contributed by atoms with E-state index in [4.69, 9.17) is 0 Å². The van der Waals surface area contributed by atoms with Crippen molar-refractivity contribution in [3.05, 3.63) is 79.9 Å². The summed E-state index contributed by atoms with van der Waals surface area (Å²) < 4.78 is 0. The third-order valence-corrected chi connectivity index (χ3v) is 5.47. The van der Waals surface area contributed by atoms with E-state index in [-0.39, 0.29) is 11.5 Å². The third-order valence-electron chi connectivity index (χ3n) is 5.47. The van der Waals surface area contributed by atoms with Gasteiger partial charge in [-0.1, -0.05) is 24.3 Å². The molecule has 0 unspecified atom stereocenters. The Balaban J connectivity index is 2.14. The number of hydrogen-bond donors (Lipinski definition) is 3. The number of nitro groups is 2. The zero-order valence-electron chi connectivity index (χ0n) is 15.4. The summed E-state index contributed by atoms with van der Waals surface area (Å²) in [5.41, 5.74) is -0.181. The zero-order valence-corrected chi connectivity index (χ0v) is 15.4. The fourth-order valence-electron chi connectivity index (χ4n) is 4.12. The molecule has 4 atom stereocenters. The van der Waals surface area contributed by atoms with E-state index in [0.29, 0.717) is 11.1 Å². The summed E-state index contributed by atoms with van der Waals surface area (Å²) in [6.07, 6.45) is 0. The molecule has 0 amide bonds. The molecule has 0 bridgehead atoms. The quantitative estimate of drug-likeness (QED) is 0.541. The summed E-state index contributed by atoms with van der Waals surface area (Å²) in [6.45, 7) is 3.07. The molecule has 2 aromatic rings. The highest BCUT2D eigenvalue weighted by molar-refractivity contribution is 5.33. The lowest BCUT2D eigenvalue weighted by Crippen LogP contribution is -2.63. The Labute approximate surface area is 160 Å². The van der Waals surface area contributed by atoms with Gasteiger partial charge < -0.3 is 10.2 Å². The molecule has 0 radical (unpaired) electrons. The predicted octanol–water partition coefficient (Wildman–Crippen LogP) is 2.80. The van der Waals surface area contributed by atoms with Crippen LogP contribution >= 0.6 is 0 Å². The van der Waals surface area contributed by atoms with Crippen molar-refractivity contribution in [3.63, 3.8) is 0 Å². The highest BCUT2D eigenvalue weighted by Crippen LogP contribution is 2.47. The van der Waals surface area contributed by atoms with Gasteiger partial charge in [0.1, 0.15) is 29.0 Å². The van der Waals surface area contributed by atoms with Crippen LogP contribution in [0.5, 0.6) is 11.5 Å². The second kappa shape index (κ2) is 7.08. The minimum Gasteiger partial charge on any atom is -0.508 e. The maximum atomic E-state index is 11.9. The molecule has 2 aromatic carbocycles. The molecule has 28 heavy (non-hydrogen) atoms. The van der Waals surface area contributed by atoms with E-state index in [9.17, 15) is 30.4 Å². The van der Waals surface area contributed by atoms with Gasteiger partial charge >= 0.3 is 0 Å². The van der Waals surface area contributed by atoms with Crippen molar-refractivity contribution in [3.8, 4) is 11.5 Å². The largest absolute Gasteiger partial charge is 0.508 e. The van der Waals surface area contributed by atoms with E-state index in [1.165, 1.54) is 38.1 Å². The number of benzene rings is 2. The molecule has 1 aliphatic rings. The van der Waals surface area contributed by atoms with Crippen LogP contribution in [0.3, 0.4) is 0 Å². The van der Waals surface area contributed by atoms with Crippen LogP contribution in [-0.2, 0) is 0 Å². The molecule has 0 aliphatic carbocycles. The van der Waals surface area contributed by atoms with E-state index in [1.54, 1.807) is 24.3 Å². The normalized spacial score (nSPS) is 26.5. The fraction of sp³-hybridized carbons (Fsp3) is 0.368. The minimum absolute atomic E-state index is 0.0229. The topological polar surface area (TPSA) is 139 Å². The second-order valence-corrected chi connectivity index (χ2v) is 7.59. The van der Waals surface area contributed by atoms with Gasteiger partial charge in [-0.2, -0.15) is 0 Å². The van der Waals surface area contributed by atoms with Gasteiger partial charge in [0, 0.05) is 9.85 Å². The molecule has 9 heteroatoms. The van der Waals surface area contributed by atoms with Gasteiger partial charge in [0.05, 0.1) is 0 Å². The molecule has 1 heterocycles. The molecular weight excluding hydrogens is 366 g/mol. The van der Waals surface area contributed by atoms with Crippen LogP contribution in [0, 0.1) is 25.6 Å². The van der Waals surface area contributed by atoms with Crippen molar-refractivity contribution >= 4 is 0 Å². The first-order valence-corrected chi connectivity index (χ1v) is 8.74. The first kappa shape index (κ1) is 19.6. The number of nitrogens with zero attached hydrogens (tertiary/aromatic N) is 2. The summed E-state index contributed by atoms with van der Waals surface area (Å²) >= 11 is 0. The van der Waals surface area contributed by atoms with E-state index < -0.39 is 39.4 Å². The van der Waals surface area contributed by atoms with Crippen LogP contribution in [0.2, 0.25) is 0 Å². The second-order valence-electron chi connectivity index (χ2n) is 7.59. The molecule has 3 N–H and O–H groups in total. The van der Waals surface area contributed by atoms with Crippen molar-refractivity contribution in [2.45, 2.75) is 38.0 Å². The predicted molar refractivity (Wildman–Crippen MR) is 100 cm³/mol. The van der Waals surface area contributed by atoms with Gasteiger partial charge in [-0.05, 0) is 49.2 Å². The van der Waals surface area contributed by atoms with Crippen molar-refractivity contribution in [1.82, 2.24) is 5.32 Å². The number of hydrogen-bond acceptors (Lipinski definition) is 7. The highest BCUT2D eigenvalue weighted by Gasteiger charge is 2.62. The summed E-state index contributed by atoms with van der Waals surface area (Å²) in [5, 5.41) is 46.0. The van der Waals surface area contributed by atoms with E-state index >= 15 is 0 Å². The average Bonchev–Trinajstić information content (AvgIpc) is 2.60. The number of phenols is 2. The number of rotatable bonds is 4. The molecule has 9 nitrogen and oxygen atoms in total. The van der Waals surface area contributed by atoms with Crippen LogP contribution in [-0.4, -0.2) is 32.1 Å². The van der Waals surface area contributed by atoms with Gasteiger partial charge in [-0.15, -0.1) is 0 Å². The van der Waals surface area contributed by atoms with Gasteiger partial charge in [-0.3, -0.25) is 25.5 Å². The molecule has 0 aromatic heterocycles. The Kier molecular flexibility index (Phi) is 4.95. The lowest BCUT2D eigenvalue weighted by molar-refractivity contribution is -0.605. The van der Waals surface area contributed by atoms with E-state index in [0.717, 1.165) is 0 Å². The molecule has 0 saturated carbocycles. The molecular formula is C19H21N3O6. The maximum Gasteiger partial charge on any atom is 0.243 e. The summed E-state index contributed by atoms with van der Waals surface area (Å²) in [7, 11) is 0. The van der Waals surface area contributed by atoms with Crippen LogP contribution in [0.1, 0.15) is 37.1 Å². The molecule has 1 aliphatic heterocycles. The Bertz CT molecular complexity index is 810. The summed E-state index contributed by atoms with van der Waals surface area (Å²) in [5.74, 6) is 0.0458. The maximum absolute atomic E-state index is 11.9. The van der Waals surface area contributed by atoms with Crippen molar-refractivity contribution in [2.75, 3.05) is 0 Å². The van der Waals surface area contributed by atoms with Crippen molar-refractivity contribution < 1.29 is 20.1 Å². The summed E-state index contributed by atoms with van der Waals surface area (Å²) in [6, 6.07) is 7.85. The smallest absolute Gasteiger partial charge is 0.243 e. The van der Waals surface area contributed by atoms with Gasteiger partial charge in [0.15, 0.2) is 0 Å². The first-order valence-electron chi connectivity index (χ1n) is 8.74. The van der Waals surface area contributed by atoms with Gasteiger partial charge in [0.25, 0.3) is 0 Å².